The third-order valence-corrected chi connectivity index (χ3v) is 3.42. The number of aliphatic carboxylic acids is 1. The number of hydrogen-bond donors (Lipinski definition) is 2. The van der Waals surface area contributed by atoms with Crippen LogP contribution in [0, 0.1) is 0 Å². The molecule has 124 valence electrons. The second kappa shape index (κ2) is 9.15. The van der Waals surface area contributed by atoms with Crippen molar-refractivity contribution in [2.24, 2.45) is 0 Å². The largest absolute Gasteiger partial charge is 0.493 e. The fraction of sp³-hybridized carbons (Fsp3) is 0.562. The first kappa shape index (κ1) is 18.1. The Bertz CT molecular complexity index is 464. The molecule has 0 spiro atoms. The van der Waals surface area contributed by atoms with E-state index in [9.17, 15) is 9.90 Å². The van der Waals surface area contributed by atoms with Gasteiger partial charge in [-0.05, 0) is 24.1 Å². The number of carboxylic acids is 1. The van der Waals surface area contributed by atoms with Gasteiger partial charge in [0.25, 0.3) is 0 Å². The molecular formula is C16H25NO5. The van der Waals surface area contributed by atoms with E-state index in [2.05, 4.69) is 5.32 Å². The van der Waals surface area contributed by atoms with Crippen molar-refractivity contribution in [3.8, 4) is 17.2 Å². The molecule has 6 nitrogen and oxygen atoms in total. The third kappa shape index (κ3) is 4.80. The molecule has 1 rings (SSSR count). The van der Waals surface area contributed by atoms with Crippen molar-refractivity contribution in [2.75, 3.05) is 21.3 Å². The Morgan fingerprint density at radius 3 is 2.18 bits per heavy atom. The topological polar surface area (TPSA) is 77.0 Å². The highest BCUT2D eigenvalue weighted by Gasteiger charge is 2.17. The fourth-order valence-electron chi connectivity index (χ4n) is 2.20. The van der Waals surface area contributed by atoms with Crippen LogP contribution < -0.4 is 19.5 Å². The molecule has 0 aromatic heterocycles. The lowest BCUT2D eigenvalue weighted by molar-refractivity contribution is -0.139. The molecule has 0 bridgehead atoms. The maximum Gasteiger partial charge on any atom is 0.320 e. The molecule has 1 aromatic carbocycles. The van der Waals surface area contributed by atoms with Crippen LogP contribution in [-0.2, 0) is 11.3 Å². The normalized spacial score (nSPS) is 11.8. The summed E-state index contributed by atoms with van der Waals surface area (Å²) >= 11 is 0. The molecule has 0 heterocycles. The van der Waals surface area contributed by atoms with E-state index in [4.69, 9.17) is 14.2 Å². The first-order valence-electron chi connectivity index (χ1n) is 7.32. The Kier molecular flexibility index (Phi) is 7.52. The number of carbonyl (C=O) groups is 1. The predicted molar refractivity (Wildman–Crippen MR) is 83.9 cm³/mol. The van der Waals surface area contributed by atoms with E-state index >= 15 is 0 Å². The summed E-state index contributed by atoms with van der Waals surface area (Å²) in [5, 5.41) is 12.3. The first-order chi connectivity index (χ1) is 10.6. The minimum absolute atomic E-state index is 0.414. The zero-order valence-corrected chi connectivity index (χ0v) is 13.6. The smallest absolute Gasteiger partial charge is 0.320 e. The van der Waals surface area contributed by atoms with E-state index in [1.807, 2.05) is 19.1 Å². The van der Waals surface area contributed by atoms with Gasteiger partial charge in [-0.2, -0.15) is 0 Å². The summed E-state index contributed by atoms with van der Waals surface area (Å²) in [6.45, 7) is 2.45. The Morgan fingerprint density at radius 1 is 1.18 bits per heavy atom. The average molecular weight is 311 g/mol. The molecular weight excluding hydrogens is 286 g/mol. The number of carboxylic acid groups (broad SMARTS) is 1. The van der Waals surface area contributed by atoms with Gasteiger partial charge in [-0.15, -0.1) is 0 Å². The molecule has 1 atom stereocenters. The number of ether oxygens (including phenoxy) is 3. The van der Waals surface area contributed by atoms with Crippen molar-refractivity contribution in [3.63, 3.8) is 0 Å². The van der Waals surface area contributed by atoms with Gasteiger partial charge in [-0.1, -0.05) is 19.8 Å². The van der Waals surface area contributed by atoms with Crippen molar-refractivity contribution in [3.05, 3.63) is 17.7 Å². The molecule has 0 amide bonds. The lowest BCUT2D eigenvalue weighted by Gasteiger charge is -2.17. The summed E-state index contributed by atoms with van der Waals surface area (Å²) in [7, 11) is 4.65. The number of methoxy groups -OCH3 is 3. The zero-order valence-electron chi connectivity index (χ0n) is 13.6. The van der Waals surface area contributed by atoms with Crippen LogP contribution in [0.25, 0.3) is 0 Å². The van der Waals surface area contributed by atoms with E-state index in [1.165, 1.54) is 0 Å². The lowest BCUT2D eigenvalue weighted by atomic mass is 10.1. The van der Waals surface area contributed by atoms with E-state index in [0.717, 1.165) is 18.4 Å². The standard InChI is InChI=1S/C16H25NO5/c1-5-6-7-12(16(18)19)17-10-11-8-13(20-2)15(22-4)14(9-11)21-3/h8-9,12,17H,5-7,10H2,1-4H3,(H,18,19). The van der Waals surface area contributed by atoms with E-state index in [-0.39, 0.29) is 0 Å². The third-order valence-electron chi connectivity index (χ3n) is 3.42. The Morgan fingerprint density at radius 2 is 1.77 bits per heavy atom. The molecule has 2 N–H and O–H groups in total. The molecule has 22 heavy (non-hydrogen) atoms. The summed E-state index contributed by atoms with van der Waals surface area (Å²) in [5.74, 6) is 0.800. The Labute approximate surface area is 131 Å². The SMILES string of the molecule is CCCCC(NCc1cc(OC)c(OC)c(OC)c1)C(=O)O. The summed E-state index contributed by atoms with van der Waals surface area (Å²) < 4.78 is 15.8. The predicted octanol–water partition coefficient (Wildman–Crippen LogP) is 2.45. The Balaban J connectivity index is 2.86. The van der Waals surface area contributed by atoms with Crippen LogP contribution in [0.2, 0.25) is 0 Å². The van der Waals surface area contributed by atoms with Crippen LogP contribution >= 0.6 is 0 Å². The molecule has 0 fully saturated rings. The van der Waals surface area contributed by atoms with Gasteiger partial charge in [0.2, 0.25) is 5.75 Å². The van der Waals surface area contributed by atoms with Crippen molar-refractivity contribution in [1.82, 2.24) is 5.32 Å². The quantitative estimate of drug-likeness (QED) is 0.691. The average Bonchev–Trinajstić information content (AvgIpc) is 2.53. The summed E-state index contributed by atoms with van der Waals surface area (Å²) in [6.07, 6.45) is 2.45. The minimum Gasteiger partial charge on any atom is -0.493 e. The fourth-order valence-corrected chi connectivity index (χ4v) is 2.20. The Hall–Kier alpha value is -1.95. The second-order valence-corrected chi connectivity index (χ2v) is 4.95. The van der Waals surface area contributed by atoms with Gasteiger partial charge in [0, 0.05) is 6.54 Å². The van der Waals surface area contributed by atoms with E-state index in [0.29, 0.717) is 30.2 Å². The van der Waals surface area contributed by atoms with Crippen LogP contribution in [0.3, 0.4) is 0 Å². The first-order valence-corrected chi connectivity index (χ1v) is 7.32. The van der Waals surface area contributed by atoms with Crippen LogP contribution in [-0.4, -0.2) is 38.4 Å². The molecule has 0 radical (unpaired) electrons. The van der Waals surface area contributed by atoms with Gasteiger partial charge in [-0.3, -0.25) is 4.79 Å². The van der Waals surface area contributed by atoms with Gasteiger partial charge >= 0.3 is 5.97 Å². The van der Waals surface area contributed by atoms with Crippen LogP contribution in [0.15, 0.2) is 12.1 Å². The lowest BCUT2D eigenvalue weighted by Crippen LogP contribution is -2.36. The second-order valence-electron chi connectivity index (χ2n) is 4.95. The van der Waals surface area contributed by atoms with Crippen molar-refractivity contribution in [1.29, 1.82) is 0 Å². The van der Waals surface area contributed by atoms with Crippen LogP contribution in [0.1, 0.15) is 31.7 Å². The summed E-state index contributed by atoms with van der Waals surface area (Å²) in [4.78, 5) is 11.2. The molecule has 0 aliphatic rings. The van der Waals surface area contributed by atoms with Crippen LogP contribution in [0.5, 0.6) is 17.2 Å². The zero-order chi connectivity index (χ0) is 16.5. The van der Waals surface area contributed by atoms with Gasteiger partial charge in [0.1, 0.15) is 6.04 Å². The monoisotopic (exact) mass is 311 g/mol. The molecule has 1 unspecified atom stereocenters. The molecule has 0 saturated heterocycles. The number of hydrogen-bond acceptors (Lipinski definition) is 5. The number of benzene rings is 1. The van der Waals surface area contributed by atoms with Gasteiger partial charge in [-0.25, -0.2) is 0 Å². The van der Waals surface area contributed by atoms with E-state index in [1.54, 1.807) is 21.3 Å². The van der Waals surface area contributed by atoms with Crippen molar-refractivity contribution in [2.45, 2.75) is 38.8 Å². The van der Waals surface area contributed by atoms with Gasteiger partial charge in [0.05, 0.1) is 21.3 Å². The number of unbranched alkanes of at least 4 members (excludes halogenated alkanes) is 1. The summed E-state index contributed by atoms with van der Waals surface area (Å²) in [5.41, 5.74) is 0.872. The molecule has 0 aliphatic heterocycles. The molecule has 6 heteroatoms. The van der Waals surface area contributed by atoms with Crippen molar-refractivity contribution < 1.29 is 24.1 Å². The maximum atomic E-state index is 11.2. The molecule has 1 aromatic rings. The van der Waals surface area contributed by atoms with Gasteiger partial charge in [0.15, 0.2) is 11.5 Å². The van der Waals surface area contributed by atoms with Crippen LogP contribution in [0.4, 0.5) is 0 Å². The highest BCUT2D eigenvalue weighted by molar-refractivity contribution is 5.73. The van der Waals surface area contributed by atoms with Gasteiger partial charge < -0.3 is 24.6 Å². The number of rotatable bonds is 10. The van der Waals surface area contributed by atoms with Crippen molar-refractivity contribution >= 4 is 5.97 Å². The molecule has 0 saturated carbocycles. The highest BCUT2D eigenvalue weighted by Crippen LogP contribution is 2.38. The minimum atomic E-state index is -0.833. The number of nitrogens with one attached hydrogen (secondary N) is 1. The van der Waals surface area contributed by atoms with E-state index < -0.39 is 12.0 Å². The summed E-state index contributed by atoms with van der Waals surface area (Å²) in [6, 6.07) is 3.07. The maximum absolute atomic E-state index is 11.2. The highest BCUT2D eigenvalue weighted by atomic mass is 16.5. The molecule has 0 aliphatic carbocycles.